The molecule has 0 bridgehead atoms. The Bertz CT molecular complexity index is 286. The molecular weight excluding hydrogens is 186 g/mol. The average Bonchev–Trinajstić information content (AvgIpc) is 2.33. The quantitative estimate of drug-likeness (QED) is 0.804. The third-order valence-electron chi connectivity index (χ3n) is 2.55. The normalized spacial score (nSPS) is 18.7. The van der Waals surface area contributed by atoms with E-state index >= 15 is 0 Å². The minimum absolute atomic E-state index is 0.384. The van der Waals surface area contributed by atoms with Gasteiger partial charge < -0.3 is 10.1 Å². The topological polar surface area (TPSA) is 21.3 Å². The molecule has 0 saturated carbocycles. The van der Waals surface area contributed by atoms with Gasteiger partial charge in [-0.05, 0) is 24.1 Å². The van der Waals surface area contributed by atoms with Crippen LogP contribution in [0.2, 0.25) is 0 Å². The minimum atomic E-state index is 0.384. The summed E-state index contributed by atoms with van der Waals surface area (Å²) in [7, 11) is 1.75. The van der Waals surface area contributed by atoms with Crippen molar-refractivity contribution in [3.05, 3.63) is 35.4 Å². The highest BCUT2D eigenvalue weighted by molar-refractivity contribution is 5.32. The van der Waals surface area contributed by atoms with Crippen molar-refractivity contribution in [3.63, 3.8) is 0 Å². The van der Waals surface area contributed by atoms with Crippen molar-refractivity contribution in [2.75, 3.05) is 20.3 Å². The zero-order valence-electron chi connectivity index (χ0n) is 9.92. The molecule has 0 amide bonds. The molecule has 0 aliphatic carbocycles. The Morgan fingerprint density at radius 1 is 1.33 bits per heavy atom. The fraction of sp³-hybridized carbons (Fsp3) is 0.538. The molecule has 1 N–H and O–H groups in total. The Morgan fingerprint density at radius 2 is 2.07 bits per heavy atom. The molecule has 0 aromatic heterocycles. The number of ether oxygens (including phenoxy) is 1. The molecule has 1 heterocycles. The van der Waals surface area contributed by atoms with Crippen LogP contribution >= 0.6 is 0 Å². The van der Waals surface area contributed by atoms with E-state index in [0.717, 1.165) is 19.6 Å². The molecule has 1 aliphatic rings. The molecule has 1 aliphatic heterocycles. The summed E-state index contributed by atoms with van der Waals surface area (Å²) in [4.78, 5) is 0. The Labute approximate surface area is 92.6 Å². The molecule has 1 atom stereocenters. The third-order valence-corrected chi connectivity index (χ3v) is 2.55. The second-order valence-electron chi connectivity index (χ2n) is 3.41. The Hall–Kier alpha value is -0.860. The molecule has 2 nitrogen and oxygen atoms in total. The number of fused-ring (bicyclic) bond motifs is 1. The van der Waals surface area contributed by atoms with E-state index in [4.69, 9.17) is 4.74 Å². The first-order valence-electron chi connectivity index (χ1n) is 5.72. The zero-order valence-corrected chi connectivity index (χ0v) is 9.92. The molecule has 0 fully saturated rings. The highest BCUT2D eigenvalue weighted by Gasteiger charge is 2.17. The van der Waals surface area contributed by atoms with Crippen molar-refractivity contribution in [1.82, 2.24) is 5.32 Å². The number of nitrogens with one attached hydrogen (secondary N) is 1. The van der Waals surface area contributed by atoms with Gasteiger partial charge in [0.1, 0.15) is 0 Å². The molecule has 2 rings (SSSR count). The van der Waals surface area contributed by atoms with Gasteiger partial charge in [-0.15, -0.1) is 0 Å². The van der Waals surface area contributed by atoms with Gasteiger partial charge in [0.05, 0.1) is 12.6 Å². The molecule has 2 heteroatoms. The predicted octanol–water partition coefficient (Wildman–Crippen LogP) is 2.55. The van der Waals surface area contributed by atoms with Crippen molar-refractivity contribution in [2.45, 2.75) is 26.3 Å². The number of benzene rings is 1. The van der Waals surface area contributed by atoms with Gasteiger partial charge in [0.2, 0.25) is 0 Å². The summed E-state index contributed by atoms with van der Waals surface area (Å²) in [6, 6.07) is 8.97. The van der Waals surface area contributed by atoms with E-state index in [2.05, 4.69) is 29.6 Å². The maximum Gasteiger partial charge on any atom is 0.0657 e. The lowest BCUT2D eigenvalue weighted by Gasteiger charge is -2.26. The van der Waals surface area contributed by atoms with E-state index in [9.17, 15) is 0 Å². The summed E-state index contributed by atoms with van der Waals surface area (Å²) < 4.78 is 5.18. The molecule has 1 aromatic rings. The predicted molar refractivity (Wildman–Crippen MR) is 64.1 cm³/mol. The SMILES string of the molecule is CC.COCC1NCCc2ccccc21. The van der Waals surface area contributed by atoms with Crippen LogP contribution in [0.5, 0.6) is 0 Å². The molecule has 15 heavy (non-hydrogen) atoms. The van der Waals surface area contributed by atoms with Crippen molar-refractivity contribution in [3.8, 4) is 0 Å². The Balaban J connectivity index is 0.000000531. The number of methoxy groups -OCH3 is 1. The zero-order chi connectivity index (χ0) is 11.1. The monoisotopic (exact) mass is 207 g/mol. The van der Waals surface area contributed by atoms with Crippen LogP contribution in [0.4, 0.5) is 0 Å². The number of hydrogen-bond acceptors (Lipinski definition) is 2. The fourth-order valence-electron chi connectivity index (χ4n) is 1.91. The summed E-state index contributed by atoms with van der Waals surface area (Å²) in [6.45, 7) is 5.82. The maximum atomic E-state index is 5.18. The van der Waals surface area contributed by atoms with Gasteiger partial charge in [-0.25, -0.2) is 0 Å². The standard InChI is InChI=1S/C11H15NO.C2H6/c1-13-8-11-10-5-3-2-4-9(10)6-7-12-11;1-2/h2-5,11-12H,6-8H2,1H3;1-2H3. The lowest BCUT2D eigenvalue weighted by Crippen LogP contribution is -2.32. The lowest BCUT2D eigenvalue weighted by molar-refractivity contribution is 0.164. The molecule has 0 saturated heterocycles. The van der Waals surface area contributed by atoms with Crippen molar-refractivity contribution in [1.29, 1.82) is 0 Å². The molecule has 0 spiro atoms. The fourth-order valence-corrected chi connectivity index (χ4v) is 1.91. The molecule has 1 unspecified atom stereocenters. The van der Waals surface area contributed by atoms with Crippen LogP contribution in [0.3, 0.4) is 0 Å². The number of rotatable bonds is 2. The minimum Gasteiger partial charge on any atom is -0.383 e. The van der Waals surface area contributed by atoms with Crippen LogP contribution in [-0.4, -0.2) is 20.3 Å². The molecular formula is C13H21NO. The summed E-state index contributed by atoms with van der Waals surface area (Å²) in [5, 5.41) is 3.45. The lowest BCUT2D eigenvalue weighted by atomic mass is 9.95. The van der Waals surface area contributed by atoms with Gasteiger partial charge in [-0.1, -0.05) is 38.1 Å². The van der Waals surface area contributed by atoms with E-state index in [1.54, 1.807) is 7.11 Å². The molecule has 0 radical (unpaired) electrons. The van der Waals surface area contributed by atoms with Crippen molar-refractivity contribution < 1.29 is 4.74 Å². The largest absolute Gasteiger partial charge is 0.383 e. The van der Waals surface area contributed by atoms with E-state index < -0.39 is 0 Å². The Morgan fingerprint density at radius 3 is 2.80 bits per heavy atom. The van der Waals surface area contributed by atoms with Gasteiger partial charge in [0, 0.05) is 7.11 Å². The number of hydrogen-bond donors (Lipinski definition) is 1. The molecule has 1 aromatic carbocycles. The van der Waals surface area contributed by atoms with E-state index in [0.29, 0.717) is 6.04 Å². The maximum absolute atomic E-state index is 5.18. The first kappa shape index (κ1) is 12.2. The smallest absolute Gasteiger partial charge is 0.0657 e. The highest BCUT2D eigenvalue weighted by Crippen LogP contribution is 2.22. The van der Waals surface area contributed by atoms with Crippen LogP contribution < -0.4 is 5.32 Å². The summed E-state index contributed by atoms with van der Waals surface area (Å²) in [5.41, 5.74) is 2.86. The summed E-state index contributed by atoms with van der Waals surface area (Å²) >= 11 is 0. The van der Waals surface area contributed by atoms with Gasteiger partial charge in [0.25, 0.3) is 0 Å². The van der Waals surface area contributed by atoms with Gasteiger partial charge >= 0.3 is 0 Å². The summed E-state index contributed by atoms with van der Waals surface area (Å²) in [6.07, 6.45) is 1.14. The van der Waals surface area contributed by atoms with Crippen LogP contribution in [0.1, 0.15) is 31.0 Å². The highest BCUT2D eigenvalue weighted by atomic mass is 16.5. The first-order valence-corrected chi connectivity index (χ1v) is 5.72. The molecule has 84 valence electrons. The van der Waals surface area contributed by atoms with E-state index in [-0.39, 0.29) is 0 Å². The Kier molecular flexibility index (Phi) is 5.37. The van der Waals surface area contributed by atoms with Crippen molar-refractivity contribution in [2.24, 2.45) is 0 Å². The van der Waals surface area contributed by atoms with Crippen LogP contribution in [-0.2, 0) is 11.2 Å². The third kappa shape index (κ3) is 3.05. The van der Waals surface area contributed by atoms with Crippen LogP contribution in [0, 0.1) is 0 Å². The van der Waals surface area contributed by atoms with Gasteiger partial charge in [-0.3, -0.25) is 0 Å². The van der Waals surface area contributed by atoms with Crippen LogP contribution in [0.25, 0.3) is 0 Å². The summed E-state index contributed by atoms with van der Waals surface area (Å²) in [5.74, 6) is 0. The van der Waals surface area contributed by atoms with E-state index in [1.165, 1.54) is 11.1 Å². The van der Waals surface area contributed by atoms with Crippen molar-refractivity contribution >= 4 is 0 Å². The first-order chi connectivity index (χ1) is 7.42. The average molecular weight is 207 g/mol. The van der Waals surface area contributed by atoms with E-state index in [1.807, 2.05) is 13.8 Å². The van der Waals surface area contributed by atoms with Crippen LogP contribution in [0.15, 0.2) is 24.3 Å². The van der Waals surface area contributed by atoms with Gasteiger partial charge in [-0.2, -0.15) is 0 Å². The second kappa shape index (κ2) is 6.59. The van der Waals surface area contributed by atoms with Gasteiger partial charge in [0.15, 0.2) is 0 Å². The second-order valence-corrected chi connectivity index (χ2v) is 3.41.